The molecule has 0 saturated heterocycles. The fourth-order valence-corrected chi connectivity index (χ4v) is 4.36. The van der Waals surface area contributed by atoms with E-state index < -0.39 is 0 Å². The number of aryl methyl sites for hydroxylation is 1. The summed E-state index contributed by atoms with van der Waals surface area (Å²) in [6.07, 6.45) is 0.733. The van der Waals surface area contributed by atoms with Crippen LogP contribution in [0.1, 0.15) is 21.7 Å². The Bertz CT molecular complexity index is 1150. The van der Waals surface area contributed by atoms with Crippen LogP contribution in [0, 0.1) is 0 Å². The van der Waals surface area contributed by atoms with Gasteiger partial charge in [0.1, 0.15) is 5.82 Å². The molecule has 27 heavy (non-hydrogen) atoms. The van der Waals surface area contributed by atoms with Crippen LogP contribution in [0.2, 0.25) is 0 Å². The average molecular weight is 374 g/mol. The van der Waals surface area contributed by atoms with Gasteiger partial charge in [0, 0.05) is 43.1 Å². The van der Waals surface area contributed by atoms with Gasteiger partial charge in [0.15, 0.2) is 0 Å². The van der Waals surface area contributed by atoms with Gasteiger partial charge in [-0.15, -0.1) is 11.3 Å². The molecule has 0 N–H and O–H groups in total. The van der Waals surface area contributed by atoms with Gasteiger partial charge in [0.25, 0.3) is 5.91 Å². The highest BCUT2D eigenvalue weighted by Gasteiger charge is 2.29. The number of nitrogens with zero attached hydrogens (tertiary/aromatic N) is 4. The van der Waals surface area contributed by atoms with Crippen LogP contribution < -0.4 is 0 Å². The van der Waals surface area contributed by atoms with Gasteiger partial charge in [-0.25, -0.2) is 9.97 Å². The lowest BCUT2D eigenvalue weighted by Gasteiger charge is -2.15. The van der Waals surface area contributed by atoms with Gasteiger partial charge in [-0.05, 0) is 23.8 Å². The molecule has 0 bridgehead atoms. The fraction of sp³-hybridized carbons (Fsp3) is 0.190. The molecule has 0 fully saturated rings. The molecule has 0 radical (unpaired) electrons. The van der Waals surface area contributed by atoms with Gasteiger partial charge in [-0.1, -0.05) is 24.3 Å². The first kappa shape index (κ1) is 16.2. The molecular weight excluding hydrogens is 356 g/mol. The predicted molar refractivity (Wildman–Crippen MR) is 107 cm³/mol. The summed E-state index contributed by atoms with van der Waals surface area (Å²) in [4.78, 5) is 23.9. The minimum absolute atomic E-state index is 0.0980. The first-order valence-corrected chi connectivity index (χ1v) is 9.86. The van der Waals surface area contributed by atoms with Crippen LogP contribution in [0.5, 0.6) is 0 Å². The Morgan fingerprint density at radius 1 is 1.11 bits per heavy atom. The smallest absolute Gasteiger partial charge is 0.254 e. The molecule has 1 amide bonds. The largest absolute Gasteiger partial charge is 0.334 e. The monoisotopic (exact) mass is 374 g/mol. The molecule has 0 saturated carbocycles. The fourth-order valence-electron chi connectivity index (χ4n) is 3.81. The van der Waals surface area contributed by atoms with Crippen molar-refractivity contribution in [3.05, 3.63) is 70.3 Å². The Morgan fingerprint density at radius 2 is 1.96 bits per heavy atom. The Morgan fingerprint density at radius 3 is 2.78 bits per heavy atom. The summed E-state index contributed by atoms with van der Waals surface area (Å²) < 4.78 is 2.11. The summed E-state index contributed by atoms with van der Waals surface area (Å²) in [5, 5.41) is 2.03. The van der Waals surface area contributed by atoms with E-state index in [9.17, 15) is 4.79 Å². The second-order valence-corrected chi connectivity index (χ2v) is 7.48. The molecule has 5 nitrogen and oxygen atoms in total. The third kappa shape index (κ3) is 2.64. The lowest BCUT2D eigenvalue weighted by Crippen LogP contribution is -2.27. The van der Waals surface area contributed by atoms with Crippen LogP contribution in [0.15, 0.2) is 53.4 Å². The number of thiazole rings is 1. The first-order chi connectivity index (χ1) is 13.2. The second kappa shape index (κ2) is 6.32. The molecule has 0 aliphatic carbocycles. The number of amides is 1. The second-order valence-electron chi connectivity index (χ2n) is 6.76. The van der Waals surface area contributed by atoms with Crippen LogP contribution in [0.4, 0.5) is 0 Å². The minimum Gasteiger partial charge on any atom is -0.334 e. The standard InChI is InChI=1S/C21H18N4OS/c1-24-19-8-3-2-7-17(19)23-20(24)9-10-25-11-16-14(18-12-27-13-22-18)5-4-6-15(16)21(25)26/h2-8,12-13H,9-11H2,1H3. The van der Waals surface area contributed by atoms with Crippen molar-refractivity contribution in [2.45, 2.75) is 13.0 Å². The van der Waals surface area contributed by atoms with E-state index in [2.05, 4.69) is 21.7 Å². The number of benzene rings is 2. The maximum atomic E-state index is 12.9. The number of hydrogen-bond acceptors (Lipinski definition) is 4. The molecule has 2 aromatic carbocycles. The lowest BCUT2D eigenvalue weighted by atomic mass is 10.0. The van der Waals surface area contributed by atoms with Crippen molar-refractivity contribution >= 4 is 28.3 Å². The number of carbonyl (C=O) groups is 1. The molecule has 4 aromatic rings. The number of carbonyl (C=O) groups excluding carboxylic acids is 1. The molecule has 134 valence electrons. The van der Waals surface area contributed by atoms with E-state index >= 15 is 0 Å². The molecule has 0 spiro atoms. The summed E-state index contributed by atoms with van der Waals surface area (Å²) in [5.74, 6) is 1.10. The Labute approximate surface area is 160 Å². The Balaban J connectivity index is 1.40. The summed E-state index contributed by atoms with van der Waals surface area (Å²) in [6, 6.07) is 14.0. The Kier molecular flexibility index (Phi) is 3.79. The van der Waals surface area contributed by atoms with Crippen molar-refractivity contribution < 1.29 is 4.79 Å². The van der Waals surface area contributed by atoms with Crippen molar-refractivity contribution in [1.29, 1.82) is 0 Å². The van der Waals surface area contributed by atoms with Gasteiger partial charge in [0.05, 0.1) is 22.2 Å². The zero-order chi connectivity index (χ0) is 18.4. The number of fused-ring (bicyclic) bond motifs is 2. The van der Waals surface area contributed by atoms with E-state index in [4.69, 9.17) is 4.98 Å². The number of para-hydroxylation sites is 2. The molecule has 6 heteroatoms. The van der Waals surface area contributed by atoms with Crippen LogP contribution in [0.25, 0.3) is 22.3 Å². The van der Waals surface area contributed by atoms with Gasteiger partial charge >= 0.3 is 0 Å². The number of aromatic nitrogens is 3. The van der Waals surface area contributed by atoms with E-state index in [1.165, 1.54) is 0 Å². The number of rotatable bonds is 4. The maximum absolute atomic E-state index is 12.9. The summed E-state index contributed by atoms with van der Waals surface area (Å²) in [5.41, 5.74) is 7.83. The summed E-state index contributed by atoms with van der Waals surface area (Å²) in [6.45, 7) is 1.28. The molecule has 1 aliphatic rings. The number of imidazole rings is 1. The van der Waals surface area contributed by atoms with Crippen molar-refractivity contribution in [1.82, 2.24) is 19.4 Å². The van der Waals surface area contributed by atoms with E-state index in [0.29, 0.717) is 13.1 Å². The topological polar surface area (TPSA) is 51.0 Å². The normalized spacial score (nSPS) is 13.5. The SMILES string of the molecule is Cn1c(CCN2Cc3c(cccc3-c3cscn3)C2=O)nc2ccccc21. The Hall–Kier alpha value is -2.99. The molecule has 0 atom stereocenters. The molecule has 3 heterocycles. The molecule has 2 aromatic heterocycles. The molecule has 5 rings (SSSR count). The summed E-state index contributed by atoms with van der Waals surface area (Å²) in [7, 11) is 2.03. The minimum atomic E-state index is 0.0980. The van der Waals surface area contributed by atoms with Crippen molar-refractivity contribution in [2.24, 2.45) is 7.05 Å². The van der Waals surface area contributed by atoms with Gasteiger partial charge in [-0.2, -0.15) is 0 Å². The van der Waals surface area contributed by atoms with Crippen LogP contribution in [-0.2, 0) is 20.0 Å². The quantitative estimate of drug-likeness (QED) is 0.544. The van der Waals surface area contributed by atoms with Gasteiger partial charge in [-0.3, -0.25) is 4.79 Å². The highest BCUT2D eigenvalue weighted by molar-refractivity contribution is 7.07. The van der Waals surface area contributed by atoms with Crippen LogP contribution in [0.3, 0.4) is 0 Å². The first-order valence-electron chi connectivity index (χ1n) is 8.92. The molecule has 1 aliphatic heterocycles. The lowest BCUT2D eigenvalue weighted by molar-refractivity contribution is 0.0779. The predicted octanol–water partition coefficient (Wildman–Crippen LogP) is 3.90. The van der Waals surface area contributed by atoms with Crippen molar-refractivity contribution in [2.75, 3.05) is 6.54 Å². The van der Waals surface area contributed by atoms with Crippen molar-refractivity contribution in [3.8, 4) is 11.3 Å². The van der Waals surface area contributed by atoms with E-state index in [-0.39, 0.29) is 5.91 Å². The third-order valence-electron chi connectivity index (χ3n) is 5.24. The highest BCUT2D eigenvalue weighted by Crippen LogP contribution is 2.32. The zero-order valence-electron chi connectivity index (χ0n) is 14.9. The number of hydrogen-bond donors (Lipinski definition) is 0. The van der Waals surface area contributed by atoms with E-state index in [0.717, 1.165) is 45.7 Å². The van der Waals surface area contributed by atoms with Gasteiger partial charge in [0.2, 0.25) is 0 Å². The van der Waals surface area contributed by atoms with Gasteiger partial charge < -0.3 is 9.47 Å². The molecule has 0 unspecified atom stereocenters. The molecular formula is C21H18N4OS. The zero-order valence-corrected chi connectivity index (χ0v) is 15.7. The highest BCUT2D eigenvalue weighted by atomic mass is 32.1. The third-order valence-corrected chi connectivity index (χ3v) is 5.82. The van der Waals surface area contributed by atoms with Crippen LogP contribution in [-0.4, -0.2) is 31.9 Å². The van der Waals surface area contributed by atoms with Crippen LogP contribution >= 0.6 is 11.3 Å². The van der Waals surface area contributed by atoms with Crippen molar-refractivity contribution in [3.63, 3.8) is 0 Å². The summed E-state index contributed by atoms with van der Waals surface area (Å²) >= 11 is 1.57. The van der Waals surface area contributed by atoms with E-state index in [1.54, 1.807) is 11.3 Å². The average Bonchev–Trinajstić information content (AvgIpc) is 3.40. The van der Waals surface area contributed by atoms with E-state index in [1.807, 2.05) is 53.2 Å². The maximum Gasteiger partial charge on any atom is 0.254 e.